The van der Waals surface area contributed by atoms with Crippen LogP contribution < -0.4 is 11.5 Å². The molecule has 0 heterocycles. The van der Waals surface area contributed by atoms with Crippen LogP contribution in [0.25, 0.3) is 11.1 Å². The molecule has 0 aromatic heterocycles. The molecule has 6 heteroatoms. The number of nitrogen functional groups attached to an aromatic ring is 2. The van der Waals surface area contributed by atoms with E-state index in [1.165, 1.54) is 0 Å². The molecule has 0 aliphatic rings. The zero-order chi connectivity index (χ0) is 13.4. The lowest BCUT2D eigenvalue weighted by atomic mass is 10.0. The molecule has 19 heavy (non-hydrogen) atoms. The van der Waals surface area contributed by atoms with Gasteiger partial charge in [-0.1, -0.05) is 66.0 Å². The van der Waals surface area contributed by atoms with Gasteiger partial charge in [-0.2, -0.15) is 0 Å². The Bertz CT molecular complexity index is 627. The third-order valence-corrected chi connectivity index (χ3v) is 4.22. The summed E-state index contributed by atoms with van der Waals surface area (Å²) in [5.74, 6) is 0. The summed E-state index contributed by atoms with van der Waals surface area (Å²) in [4.78, 5) is 0. The fraction of sp³-hybridized carbons (Fsp3) is 0.0769. The van der Waals surface area contributed by atoms with Crippen LogP contribution in [0.15, 0.2) is 24.3 Å². The fourth-order valence-electron chi connectivity index (χ4n) is 1.57. The van der Waals surface area contributed by atoms with Crippen LogP contribution >= 0.6 is 46.4 Å². The highest BCUT2D eigenvalue weighted by Crippen LogP contribution is 2.43. The van der Waals surface area contributed by atoms with E-state index in [0.717, 1.165) is 0 Å². The molecule has 102 valence electrons. The third-order valence-electron chi connectivity index (χ3n) is 2.52. The molecule has 0 aliphatic carbocycles. The van der Waals surface area contributed by atoms with Gasteiger partial charge in [0.25, 0.3) is 0 Å². The summed E-state index contributed by atoms with van der Waals surface area (Å²) in [5, 5.41) is 1.33. The van der Waals surface area contributed by atoms with E-state index in [4.69, 9.17) is 57.9 Å². The van der Waals surface area contributed by atoms with Gasteiger partial charge in [0.1, 0.15) is 0 Å². The van der Waals surface area contributed by atoms with Gasteiger partial charge in [0.2, 0.25) is 0 Å². The molecule has 0 bridgehead atoms. The second-order valence-corrected chi connectivity index (χ2v) is 5.20. The largest absolute Gasteiger partial charge is 0.397 e. The fourth-order valence-corrected chi connectivity index (χ4v) is 2.44. The maximum absolute atomic E-state index is 6.16. The Morgan fingerprint density at radius 1 is 0.789 bits per heavy atom. The first kappa shape index (κ1) is 16.3. The summed E-state index contributed by atoms with van der Waals surface area (Å²) in [6.45, 7) is 0. The van der Waals surface area contributed by atoms with Gasteiger partial charge in [-0.3, -0.25) is 0 Å². The van der Waals surface area contributed by atoms with Crippen molar-refractivity contribution in [3.05, 3.63) is 44.4 Å². The van der Waals surface area contributed by atoms with Gasteiger partial charge in [0, 0.05) is 11.1 Å². The number of anilines is 2. The topological polar surface area (TPSA) is 52.0 Å². The van der Waals surface area contributed by atoms with E-state index in [1.807, 2.05) is 0 Å². The standard InChI is InChI=1S/C12H8Cl4N2.CH4/c13-7-3-1-2-5(9(7)14)6-4-8(17)12(18)11(16)10(6)15;/h1-4H,17-18H2;1H4. The lowest BCUT2D eigenvalue weighted by Gasteiger charge is -2.12. The highest BCUT2D eigenvalue weighted by atomic mass is 35.5. The first-order chi connectivity index (χ1) is 8.43. The lowest BCUT2D eigenvalue weighted by Crippen LogP contribution is -1.97. The van der Waals surface area contributed by atoms with E-state index >= 15 is 0 Å². The summed E-state index contributed by atoms with van der Waals surface area (Å²) in [7, 11) is 0. The van der Waals surface area contributed by atoms with Crippen molar-refractivity contribution in [2.45, 2.75) is 7.43 Å². The van der Waals surface area contributed by atoms with Gasteiger partial charge in [-0.25, -0.2) is 0 Å². The highest BCUT2D eigenvalue weighted by molar-refractivity contribution is 6.47. The van der Waals surface area contributed by atoms with Crippen LogP contribution in [0.5, 0.6) is 0 Å². The molecule has 2 aromatic rings. The van der Waals surface area contributed by atoms with E-state index in [2.05, 4.69) is 0 Å². The van der Waals surface area contributed by atoms with Gasteiger partial charge in [0.15, 0.2) is 0 Å². The second-order valence-electron chi connectivity index (χ2n) is 3.66. The van der Waals surface area contributed by atoms with Crippen molar-refractivity contribution in [2.75, 3.05) is 11.5 Å². The molecule has 2 rings (SSSR count). The molecule has 0 spiro atoms. The summed E-state index contributed by atoms with van der Waals surface area (Å²) in [6, 6.07) is 6.85. The molecule has 0 fully saturated rings. The average molecular weight is 338 g/mol. The van der Waals surface area contributed by atoms with Crippen LogP contribution in [0, 0.1) is 0 Å². The number of hydrogen-bond donors (Lipinski definition) is 2. The highest BCUT2D eigenvalue weighted by Gasteiger charge is 2.16. The smallest absolute Gasteiger partial charge is 0.0849 e. The van der Waals surface area contributed by atoms with Crippen molar-refractivity contribution in [1.82, 2.24) is 0 Å². The number of halogens is 4. The minimum atomic E-state index is 0. The van der Waals surface area contributed by atoms with Crippen LogP contribution in [0.1, 0.15) is 7.43 Å². The lowest BCUT2D eigenvalue weighted by molar-refractivity contribution is 1.60. The van der Waals surface area contributed by atoms with Crippen molar-refractivity contribution < 1.29 is 0 Å². The molecular weight excluding hydrogens is 326 g/mol. The predicted octanol–water partition coefficient (Wildman–Crippen LogP) is 5.77. The normalized spacial score (nSPS) is 10.1. The van der Waals surface area contributed by atoms with Crippen LogP contribution in [-0.2, 0) is 0 Å². The van der Waals surface area contributed by atoms with Gasteiger partial charge in [0.05, 0.1) is 31.5 Å². The SMILES string of the molecule is C.Nc1cc(-c2cccc(Cl)c2Cl)c(Cl)c(Cl)c1N. The zero-order valence-corrected chi connectivity index (χ0v) is 12.0. The second kappa shape index (κ2) is 6.10. The Hall–Kier alpha value is -0.800. The average Bonchev–Trinajstić information content (AvgIpc) is 2.35. The van der Waals surface area contributed by atoms with E-state index in [0.29, 0.717) is 31.9 Å². The monoisotopic (exact) mass is 336 g/mol. The van der Waals surface area contributed by atoms with Crippen molar-refractivity contribution >= 4 is 57.8 Å². The van der Waals surface area contributed by atoms with Crippen molar-refractivity contribution in [3.8, 4) is 11.1 Å². The van der Waals surface area contributed by atoms with Crippen LogP contribution in [0.4, 0.5) is 11.4 Å². The zero-order valence-electron chi connectivity index (χ0n) is 8.98. The summed E-state index contributed by atoms with van der Waals surface area (Å²) >= 11 is 24.3. The van der Waals surface area contributed by atoms with Crippen LogP contribution in [0.3, 0.4) is 0 Å². The molecule has 0 saturated heterocycles. The first-order valence-electron chi connectivity index (χ1n) is 4.90. The quantitative estimate of drug-likeness (QED) is 0.649. The maximum Gasteiger partial charge on any atom is 0.0849 e. The number of hydrogen-bond acceptors (Lipinski definition) is 2. The molecule has 2 aromatic carbocycles. The van der Waals surface area contributed by atoms with Crippen LogP contribution in [0.2, 0.25) is 20.1 Å². The van der Waals surface area contributed by atoms with Crippen molar-refractivity contribution in [2.24, 2.45) is 0 Å². The van der Waals surface area contributed by atoms with Gasteiger partial charge in [-0.15, -0.1) is 0 Å². The molecule has 0 amide bonds. The van der Waals surface area contributed by atoms with Crippen molar-refractivity contribution in [3.63, 3.8) is 0 Å². The molecule has 0 saturated carbocycles. The molecule has 0 atom stereocenters. The van der Waals surface area contributed by atoms with Crippen LogP contribution in [-0.4, -0.2) is 0 Å². The molecule has 0 radical (unpaired) electrons. The minimum Gasteiger partial charge on any atom is -0.397 e. The van der Waals surface area contributed by atoms with Crippen molar-refractivity contribution in [1.29, 1.82) is 0 Å². The number of benzene rings is 2. The summed E-state index contributed by atoms with van der Waals surface area (Å²) in [5.41, 5.74) is 13.3. The van der Waals surface area contributed by atoms with Gasteiger partial charge in [-0.05, 0) is 12.1 Å². The summed E-state index contributed by atoms with van der Waals surface area (Å²) in [6.07, 6.45) is 0. The minimum absolute atomic E-state index is 0. The molecular formula is C13H12Cl4N2. The third kappa shape index (κ3) is 2.87. The number of rotatable bonds is 1. The van der Waals surface area contributed by atoms with E-state index in [-0.39, 0.29) is 18.1 Å². The first-order valence-corrected chi connectivity index (χ1v) is 6.42. The van der Waals surface area contributed by atoms with Gasteiger partial charge >= 0.3 is 0 Å². The van der Waals surface area contributed by atoms with Gasteiger partial charge < -0.3 is 11.5 Å². The Kier molecular flexibility index (Phi) is 5.22. The van der Waals surface area contributed by atoms with E-state index in [1.54, 1.807) is 24.3 Å². The van der Waals surface area contributed by atoms with E-state index in [9.17, 15) is 0 Å². The maximum atomic E-state index is 6.16. The molecule has 2 nitrogen and oxygen atoms in total. The Balaban J connectivity index is 0.00000180. The number of nitrogens with two attached hydrogens (primary N) is 2. The van der Waals surface area contributed by atoms with E-state index < -0.39 is 0 Å². The molecule has 0 aliphatic heterocycles. The Labute approximate surface area is 132 Å². The molecule has 4 N–H and O–H groups in total. The predicted molar refractivity (Wildman–Crippen MR) is 87.5 cm³/mol. The Morgan fingerprint density at radius 2 is 1.42 bits per heavy atom. The molecule has 0 unspecified atom stereocenters. The Morgan fingerprint density at radius 3 is 2.05 bits per heavy atom. The summed E-state index contributed by atoms with van der Waals surface area (Å²) < 4.78 is 0.